The zero-order valence-corrected chi connectivity index (χ0v) is 8.63. The minimum absolute atomic E-state index is 0.255. The molecule has 0 aliphatic carbocycles. The highest BCUT2D eigenvalue weighted by Gasteiger charge is 1.95. The summed E-state index contributed by atoms with van der Waals surface area (Å²) < 4.78 is 4.69. The monoisotopic (exact) mass is 184 g/mol. The van der Waals surface area contributed by atoms with Crippen LogP contribution >= 0.6 is 0 Å². The molecule has 0 N–H and O–H groups in total. The fraction of sp³-hybridized carbons (Fsp3) is 0.667. The van der Waals surface area contributed by atoms with Gasteiger partial charge in [-0.2, -0.15) is 4.98 Å². The van der Waals surface area contributed by atoms with Gasteiger partial charge in [-0.15, -0.1) is 0 Å². The van der Waals surface area contributed by atoms with Gasteiger partial charge in [-0.25, -0.2) is 0 Å². The van der Waals surface area contributed by atoms with E-state index in [-0.39, 0.29) is 5.78 Å². The van der Waals surface area contributed by atoms with Crippen molar-refractivity contribution >= 4 is 5.78 Å². The van der Waals surface area contributed by atoms with E-state index in [9.17, 15) is 4.79 Å². The van der Waals surface area contributed by atoms with E-state index in [1.165, 1.54) is 0 Å². The molecular weight excluding hydrogens is 168 g/mol. The first-order chi connectivity index (χ1) is 6.10. The Morgan fingerprint density at radius 3 is 2.15 bits per heavy atom. The molecule has 0 bridgehead atoms. The lowest BCUT2D eigenvalue weighted by molar-refractivity contribution is -0.116. The van der Waals surface area contributed by atoms with Gasteiger partial charge < -0.3 is 9.32 Å². The van der Waals surface area contributed by atoms with E-state index in [1.54, 1.807) is 13.8 Å². The molecule has 4 heteroatoms. The maximum absolute atomic E-state index is 9.81. The highest BCUT2D eigenvalue weighted by molar-refractivity contribution is 5.74. The standard InChI is InChI=1S/C5H8N2O.C4H8O/c1-3-5-6-4(2)8-7-5;1-3-4(2)5/h3H2,1-2H3;3H2,1-2H3. The highest BCUT2D eigenvalue weighted by atomic mass is 16.5. The minimum atomic E-state index is 0.255. The van der Waals surface area contributed by atoms with Crippen molar-refractivity contribution in [3.05, 3.63) is 11.7 Å². The lowest BCUT2D eigenvalue weighted by Crippen LogP contribution is -1.80. The summed E-state index contributed by atoms with van der Waals surface area (Å²) in [5.74, 6) is 1.68. The number of carbonyl (C=O) groups excluding carboxylic acids is 1. The van der Waals surface area contributed by atoms with Crippen molar-refractivity contribution in [2.45, 2.75) is 40.5 Å². The van der Waals surface area contributed by atoms with Crippen molar-refractivity contribution in [1.29, 1.82) is 0 Å². The molecular formula is C9H16N2O2. The first-order valence-corrected chi connectivity index (χ1v) is 4.38. The largest absolute Gasteiger partial charge is 0.340 e. The predicted octanol–water partition coefficient (Wildman–Crippen LogP) is 1.93. The molecule has 1 aromatic heterocycles. The van der Waals surface area contributed by atoms with Crippen LogP contribution in [0.5, 0.6) is 0 Å². The van der Waals surface area contributed by atoms with Gasteiger partial charge in [0.2, 0.25) is 5.89 Å². The summed E-state index contributed by atoms with van der Waals surface area (Å²) in [5, 5.41) is 3.65. The van der Waals surface area contributed by atoms with Crippen molar-refractivity contribution in [2.75, 3.05) is 0 Å². The van der Waals surface area contributed by atoms with Crippen LogP contribution in [0.4, 0.5) is 0 Å². The molecule has 0 spiro atoms. The zero-order valence-electron chi connectivity index (χ0n) is 8.63. The Hall–Kier alpha value is -1.19. The van der Waals surface area contributed by atoms with Gasteiger partial charge in [0, 0.05) is 19.8 Å². The van der Waals surface area contributed by atoms with Crippen LogP contribution in [0, 0.1) is 6.92 Å². The van der Waals surface area contributed by atoms with E-state index in [0.29, 0.717) is 12.3 Å². The summed E-state index contributed by atoms with van der Waals surface area (Å²) in [6.07, 6.45) is 1.51. The normalized spacial score (nSPS) is 8.92. The Kier molecular flexibility index (Phi) is 5.76. The molecule has 1 aromatic rings. The summed E-state index contributed by atoms with van der Waals surface area (Å²) in [6.45, 7) is 7.21. The summed E-state index contributed by atoms with van der Waals surface area (Å²) in [7, 11) is 0. The maximum atomic E-state index is 9.81. The van der Waals surface area contributed by atoms with Crippen LogP contribution in [-0.2, 0) is 11.2 Å². The van der Waals surface area contributed by atoms with Crippen molar-refractivity contribution in [2.24, 2.45) is 0 Å². The van der Waals surface area contributed by atoms with Gasteiger partial charge in [0.05, 0.1) is 0 Å². The Morgan fingerprint density at radius 1 is 1.46 bits per heavy atom. The second-order valence-electron chi connectivity index (χ2n) is 2.64. The highest BCUT2D eigenvalue weighted by Crippen LogP contribution is 1.93. The predicted molar refractivity (Wildman–Crippen MR) is 49.4 cm³/mol. The van der Waals surface area contributed by atoms with E-state index in [2.05, 4.69) is 10.1 Å². The van der Waals surface area contributed by atoms with Crippen LogP contribution in [0.1, 0.15) is 38.9 Å². The number of ketones is 1. The average molecular weight is 184 g/mol. The Bertz CT molecular complexity index is 256. The fourth-order valence-corrected chi connectivity index (χ4v) is 0.485. The number of rotatable bonds is 2. The molecule has 0 amide bonds. The van der Waals surface area contributed by atoms with Gasteiger partial charge in [0.15, 0.2) is 5.82 Å². The lowest BCUT2D eigenvalue weighted by Gasteiger charge is -1.73. The topological polar surface area (TPSA) is 56.0 Å². The van der Waals surface area contributed by atoms with E-state index in [4.69, 9.17) is 4.52 Å². The van der Waals surface area contributed by atoms with E-state index in [1.807, 2.05) is 13.8 Å². The molecule has 13 heavy (non-hydrogen) atoms. The molecule has 0 radical (unpaired) electrons. The fourth-order valence-electron chi connectivity index (χ4n) is 0.485. The molecule has 1 heterocycles. The second kappa shape index (κ2) is 6.34. The maximum Gasteiger partial charge on any atom is 0.223 e. The van der Waals surface area contributed by atoms with Crippen molar-refractivity contribution in [1.82, 2.24) is 10.1 Å². The molecule has 4 nitrogen and oxygen atoms in total. The van der Waals surface area contributed by atoms with Gasteiger partial charge in [0.25, 0.3) is 0 Å². The van der Waals surface area contributed by atoms with Crippen molar-refractivity contribution in [3.8, 4) is 0 Å². The summed E-state index contributed by atoms with van der Waals surface area (Å²) in [5.41, 5.74) is 0. The SMILES string of the molecule is CCC(C)=O.CCc1noc(C)n1. The molecule has 0 aromatic carbocycles. The third kappa shape index (κ3) is 6.02. The number of Topliss-reactive ketones (excluding diaryl/α,β-unsaturated/α-hetero) is 1. The summed E-state index contributed by atoms with van der Waals surface area (Å²) in [6, 6.07) is 0. The van der Waals surface area contributed by atoms with Crippen LogP contribution in [0.3, 0.4) is 0 Å². The van der Waals surface area contributed by atoms with Crippen LogP contribution in [0.15, 0.2) is 4.52 Å². The molecule has 0 saturated carbocycles. The van der Waals surface area contributed by atoms with Gasteiger partial charge in [-0.1, -0.05) is 19.0 Å². The molecule has 0 fully saturated rings. The number of hydrogen-bond acceptors (Lipinski definition) is 4. The number of aryl methyl sites for hydroxylation is 2. The molecule has 74 valence electrons. The quantitative estimate of drug-likeness (QED) is 0.704. The number of nitrogens with zero attached hydrogens (tertiary/aromatic N) is 2. The Labute approximate surface area is 78.3 Å². The third-order valence-electron chi connectivity index (χ3n) is 1.38. The van der Waals surface area contributed by atoms with E-state index >= 15 is 0 Å². The third-order valence-corrected chi connectivity index (χ3v) is 1.38. The Morgan fingerprint density at radius 2 is 2.00 bits per heavy atom. The van der Waals surface area contributed by atoms with Gasteiger partial charge in [0.1, 0.15) is 5.78 Å². The van der Waals surface area contributed by atoms with Gasteiger partial charge in [-0.05, 0) is 6.92 Å². The zero-order chi connectivity index (χ0) is 10.3. The minimum Gasteiger partial charge on any atom is -0.340 e. The van der Waals surface area contributed by atoms with Crippen LogP contribution in [-0.4, -0.2) is 15.9 Å². The molecule has 0 unspecified atom stereocenters. The number of aromatic nitrogens is 2. The lowest BCUT2D eigenvalue weighted by atomic mass is 10.4. The van der Waals surface area contributed by atoms with Crippen LogP contribution < -0.4 is 0 Å². The smallest absolute Gasteiger partial charge is 0.223 e. The average Bonchev–Trinajstić information content (AvgIpc) is 2.52. The first-order valence-electron chi connectivity index (χ1n) is 4.38. The molecule has 0 saturated heterocycles. The second-order valence-corrected chi connectivity index (χ2v) is 2.64. The molecule has 1 rings (SSSR count). The summed E-state index contributed by atoms with van der Waals surface area (Å²) in [4.78, 5) is 13.8. The van der Waals surface area contributed by atoms with Crippen molar-refractivity contribution < 1.29 is 9.32 Å². The van der Waals surface area contributed by atoms with Gasteiger partial charge in [-0.3, -0.25) is 0 Å². The first kappa shape index (κ1) is 11.8. The van der Waals surface area contributed by atoms with Gasteiger partial charge >= 0.3 is 0 Å². The number of hydrogen-bond donors (Lipinski definition) is 0. The summed E-state index contributed by atoms with van der Waals surface area (Å²) >= 11 is 0. The molecule has 0 aliphatic heterocycles. The van der Waals surface area contributed by atoms with Crippen molar-refractivity contribution in [3.63, 3.8) is 0 Å². The van der Waals surface area contributed by atoms with Crippen LogP contribution in [0.25, 0.3) is 0 Å². The molecule has 0 aliphatic rings. The molecule has 0 atom stereocenters. The van der Waals surface area contributed by atoms with E-state index < -0.39 is 0 Å². The number of carbonyl (C=O) groups is 1. The Balaban J connectivity index is 0.000000252. The van der Waals surface area contributed by atoms with Crippen LogP contribution in [0.2, 0.25) is 0 Å². The van der Waals surface area contributed by atoms with E-state index in [0.717, 1.165) is 12.2 Å².